The normalized spacial score (nSPS) is 12.6. The summed E-state index contributed by atoms with van der Waals surface area (Å²) in [6, 6.07) is 0. The fraction of sp³-hybridized carbons (Fsp3) is 1.00. The van der Waals surface area contributed by atoms with Crippen molar-refractivity contribution >= 4 is 26.1 Å². The average Bonchev–Trinajstić information content (AvgIpc) is 0.811. The first-order valence-corrected chi connectivity index (χ1v) is 1.61. The van der Waals surface area contributed by atoms with Gasteiger partial charge < -0.3 is 5.11 Å². The van der Waals surface area contributed by atoms with Crippen LogP contribution < -0.4 is 0 Å². The molecule has 0 aliphatic carbocycles. The summed E-state index contributed by atoms with van der Waals surface area (Å²) in [6.07, 6.45) is 0. The number of aliphatic hydroxyl groups is 1. The molecule has 0 aromatic heterocycles. The van der Waals surface area contributed by atoms with Crippen LogP contribution in [0.4, 0.5) is 0 Å². The van der Waals surface area contributed by atoms with E-state index in [1.807, 2.05) is 0 Å². The summed E-state index contributed by atoms with van der Waals surface area (Å²) >= 11 is 3.52. The van der Waals surface area contributed by atoms with E-state index in [4.69, 9.17) is 5.11 Å². The molecule has 3 heteroatoms. The van der Waals surface area contributed by atoms with Crippen LogP contribution in [0.25, 0.3) is 0 Å². The van der Waals surface area contributed by atoms with Gasteiger partial charge in [-0.15, -0.1) is 12.6 Å². The Kier molecular flexibility index (Phi) is 8.55. The van der Waals surface area contributed by atoms with Crippen molar-refractivity contribution < 1.29 is 5.11 Å². The summed E-state index contributed by atoms with van der Waals surface area (Å²) in [4.78, 5) is 0. The summed E-state index contributed by atoms with van der Waals surface area (Å²) in [5.74, 6) is 0. The number of hydrogen-bond acceptors (Lipinski definition) is 2. The first-order valence-electron chi connectivity index (χ1n) is 1.09. The van der Waals surface area contributed by atoms with Crippen LogP contribution in [0.1, 0.15) is 6.92 Å². The lowest BCUT2D eigenvalue weighted by Crippen LogP contribution is -1.79. The maximum Gasteiger partial charge on any atom is 0.0936 e. The lowest BCUT2D eigenvalue weighted by molar-refractivity contribution is 0.286. The van der Waals surface area contributed by atoms with Gasteiger partial charge in [0.15, 0.2) is 0 Å². The monoisotopic (exact) mass is 112 g/mol. The molecule has 0 rings (SSSR count). The molecule has 0 heterocycles. The van der Waals surface area contributed by atoms with Crippen LogP contribution in [-0.2, 0) is 0 Å². The van der Waals surface area contributed by atoms with E-state index in [-0.39, 0.29) is 13.5 Å². The fourth-order valence-corrected chi connectivity index (χ4v) is 0. The van der Waals surface area contributed by atoms with Crippen LogP contribution in [-0.4, -0.2) is 10.5 Å². The van der Waals surface area contributed by atoms with Gasteiger partial charge in [-0.2, -0.15) is 13.5 Å². The second kappa shape index (κ2) is 4.66. The first kappa shape index (κ1) is 9.18. The van der Waals surface area contributed by atoms with E-state index in [2.05, 4.69) is 12.6 Å². The van der Waals surface area contributed by atoms with Crippen molar-refractivity contribution in [1.29, 1.82) is 0 Å². The van der Waals surface area contributed by atoms with Crippen LogP contribution >= 0.6 is 26.1 Å². The Hall–Kier alpha value is 0.660. The summed E-state index contributed by atoms with van der Waals surface area (Å²) in [5.41, 5.74) is -0.472. The predicted molar refractivity (Wildman–Crippen MR) is 31.0 cm³/mol. The van der Waals surface area contributed by atoms with Gasteiger partial charge in [0, 0.05) is 0 Å². The maximum atomic E-state index is 7.92. The highest BCUT2D eigenvalue weighted by Gasteiger charge is 1.70. The third-order valence-corrected chi connectivity index (χ3v) is 0. The molecule has 34 valence electrons. The molecule has 1 N–H and O–H groups in total. The molecule has 0 radical (unpaired) electrons. The molecular formula is C2H8OS2. The van der Waals surface area contributed by atoms with Crippen LogP contribution in [0.5, 0.6) is 0 Å². The SMILES string of the molecule is CC(O)S.S. The summed E-state index contributed by atoms with van der Waals surface area (Å²) in [6.45, 7) is 1.59. The molecule has 0 aromatic carbocycles. The van der Waals surface area contributed by atoms with Crippen molar-refractivity contribution in [2.45, 2.75) is 12.4 Å². The fourth-order valence-electron chi connectivity index (χ4n) is 0. The van der Waals surface area contributed by atoms with Gasteiger partial charge in [-0.1, -0.05) is 0 Å². The third kappa shape index (κ3) is 75.7. The average molecular weight is 112 g/mol. The van der Waals surface area contributed by atoms with Crippen LogP contribution in [0, 0.1) is 0 Å². The minimum Gasteiger partial charge on any atom is -0.383 e. The highest BCUT2D eigenvalue weighted by atomic mass is 32.1. The second-order valence-corrected chi connectivity index (χ2v) is 1.38. The molecule has 0 saturated heterocycles. The lowest BCUT2D eigenvalue weighted by atomic mass is 10.9. The van der Waals surface area contributed by atoms with Gasteiger partial charge in [0.1, 0.15) is 0 Å². The minimum atomic E-state index is -0.472. The molecule has 1 nitrogen and oxygen atoms in total. The van der Waals surface area contributed by atoms with E-state index in [0.717, 1.165) is 0 Å². The van der Waals surface area contributed by atoms with Gasteiger partial charge in [0.2, 0.25) is 0 Å². The number of rotatable bonds is 0. The largest absolute Gasteiger partial charge is 0.383 e. The number of hydrogen-bond donors (Lipinski definition) is 2. The molecule has 0 aliphatic rings. The Bertz CT molecular complexity index is 12.4. The Morgan fingerprint density at radius 1 is 1.80 bits per heavy atom. The van der Waals surface area contributed by atoms with E-state index < -0.39 is 5.44 Å². The van der Waals surface area contributed by atoms with Crippen LogP contribution in [0.3, 0.4) is 0 Å². The second-order valence-electron chi connectivity index (χ2n) is 0.632. The van der Waals surface area contributed by atoms with Crippen LogP contribution in [0.2, 0.25) is 0 Å². The lowest BCUT2D eigenvalue weighted by Gasteiger charge is -1.79. The van der Waals surface area contributed by atoms with E-state index in [1.165, 1.54) is 0 Å². The topological polar surface area (TPSA) is 20.2 Å². The molecule has 1 atom stereocenters. The molecule has 0 aromatic rings. The zero-order valence-corrected chi connectivity index (χ0v) is 4.87. The van der Waals surface area contributed by atoms with Gasteiger partial charge in [0.25, 0.3) is 0 Å². The van der Waals surface area contributed by atoms with Crippen molar-refractivity contribution in [2.75, 3.05) is 0 Å². The molecule has 0 bridgehead atoms. The Morgan fingerprint density at radius 2 is 1.80 bits per heavy atom. The van der Waals surface area contributed by atoms with Gasteiger partial charge in [-0.05, 0) is 6.92 Å². The van der Waals surface area contributed by atoms with E-state index in [0.29, 0.717) is 0 Å². The van der Waals surface area contributed by atoms with E-state index in [9.17, 15) is 0 Å². The minimum absolute atomic E-state index is 0. The summed E-state index contributed by atoms with van der Waals surface area (Å²) < 4.78 is 0. The molecule has 1 unspecified atom stereocenters. The quantitative estimate of drug-likeness (QED) is 0.342. The van der Waals surface area contributed by atoms with Crippen molar-refractivity contribution in [3.8, 4) is 0 Å². The maximum absolute atomic E-state index is 7.92. The van der Waals surface area contributed by atoms with E-state index in [1.54, 1.807) is 6.92 Å². The molecule has 0 saturated carbocycles. The molecule has 5 heavy (non-hydrogen) atoms. The van der Waals surface area contributed by atoms with Crippen molar-refractivity contribution in [1.82, 2.24) is 0 Å². The third-order valence-electron chi connectivity index (χ3n) is 0. The van der Waals surface area contributed by atoms with Gasteiger partial charge >= 0.3 is 0 Å². The van der Waals surface area contributed by atoms with Gasteiger partial charge in [-0.25, -0.2) is 0 Å². The molecule has 0 fully saturated rings. The summed E-state index contributed by atoms with van der Waals surface area (Å²) in [7, 11) is 0. The Morgan fingerprint density at radius 3 is 1.80 bits per heavy atom. The Labute approximate surface area is 44.2 Å². The number of thiol groups is 1. The van der Waals surface area contributed by atoms with Crippen molar-refractivity contribution in [2.24, 2.45) is 0 Å². The smallest absolute Gasteiger partial charge is 0.0936 e. The molecule has 0 amide bonds. The highest BCUT2D eigenvalue weighted by Crippen LogP contribution is 1.78. The summed E-state index contributed by atoms with van der Waals surface area (Å²) in [5, 5.41) is 7.92. The zero-order chi connectivity index (χ0) is 3.58. The molecule has 0 aliphatic heterocycles. The van der Waals surface area contributed by atoms with Gasteiger partial charge in [-0.3, -0.25) is 0 Å². The zero-order valence-electron chi connectivity index (χ0n) is 2.97. The molecule has 0 spiro atoms. The van der Waals surface area contributed by atoms with Gasteiger partial charge in [0.05, 0.1) is 5.44 Å². The highest BCUT2D eigenvalue weighted by molar-refractivity contribution is 7.80. The van der Waals surface area contributed by atoms with E-state index >= 15 is 0 Å². The Balaban J connectivity index is 0. The standard InChI is InChI=1S/C2H6OS.H2S/c1-2(3)4;/h2-4H,1H3;1H2. The molecular weight excluding hydrogens is 104 g/mol. The van der Waals surface area contributed by atoms with Crippen LogP contribution in [0.15, 0.2) is 0 Å². The number of aliphatic hydroxyl groups excluding tert-OH is 1. The van der Waals surface area contributed by atoms with Crippen molar-refractivity contribution in [3.05, 3.63) is 0 Å². The predicted octanol–water partition coefficient (Wildman–Crippen LogP) is 0.367. The van der Waals surface area contributed by atoms with Crippen molar-refractivity contribution in [3.63, 3.8) is 0 Å². The first-order chi connectivity index (χ1) is 1.73.